The Morgan fingerprint density at radius 3 is 2.22 bits per heavy atom. The van der Waals surface area contributed by atoms with Gasteiger partial charge in [0.05, 0.1) is 12.2 Å². The van der Waals surface area contributed by atoms with E-state index in [9.17, 15) is 31.1 Å². The molecule has 0 unspecified atom stereocenters. The molecule has 2 aromatic rings. The molecule has 5 N–H and O–H groups in total. The minimum Gasteiger partial charge on any atom is -0.494 e. The third-order valence-electron chi connectivity index (χ3n) is 5.88. The number of hydrazine groups is 3. The molecule has 0 spiro atoms. The molecule has 4 rings (SSSR count). The number of halogens is 6. The Morgan fingerprint density at radius 2 is 1.65 bits per heavy atom. The van der Waals surface area contributed by atoms with Crippen LogP contribution in [0.4, 0.5) is 26.3 Å². The second kappa shape index (κ2) is 10.2. The highest BCUT2D eigenvalue weighted by atomic mass is 19.4. The number of hydrogen-bond acceptors (Lipinski definition) is 8. The van der Waals surface area contributed by atoms with Crippen molar-refractivity contribution >= 4 is 11.5 Å². The van der Waals surface area contributed by atoms with Crippen molar-refractivity contribution in [3.05, 3.63) is 59.2 Å². The Bertz CT molecular complexity index is 1150. The molecular formula is C22H23F6N7O2. The van der Waals surface area contributed by atoms with Crippen molar-refractivity contribution in [3.8, 4) is 5.75 Å². The summed E-state index contributed by atoms with van der Waals surface area (Å²) in [7, 11) is 0. The zero-order chi connectivity index (χ0) is 26.8. The second-order valence-electron chi connectivity index (χ2n) is 8.57. The topological polar surface area (TPSA) is 112 Å². The highest BCUT2D eigenvalue weighted by Crippen LogP contribution is 2.48. The van der Waals surface area contributed by atoms with Crippen LogP contribution in [-0.2, 0) is 10.3 Å². The summed E-state index contributed by atoms with van der Waals surface area (Å²) in [6, 6.07) is 4.69. The first-order valence-electron chi connectivity index (χ1n) is 11.1. The molecule has 1 saturated heterocycles. The van der Waals surface area contributed by atoms with Gasteiger partial charge >= 0.3 is 12.4 Å². The van der Waals surface area contributed by atoms with Crippen LogP contribution in [-0.4, -0.2) is 41.0 Å². The van der Waals surface area contributed by atoms with Gasteiger partial charge in [0.1, 0.15) is 11.9 Å². The zero-order valence-corrected chi connectivity index (χ0v) is 19.3. The third-order valence-corrected chi connectivity index (χ3v) is 5.88. The molecule has 0 radical (unpaired) electrons. The molecule has 0 aliphatic carbocycles. The van der Waals surface area contributed by atoms with Crippen LogP contribution in [0, 0.1) is 6.92 Å². The number of ether oxygens (including phenoxy) is 1. The number of hydrogen-bond donors (Lipinski definition) is 5. The summed E-state index contributed by atoms with van der Waals surface area (Å²) in [6.45, 7) is 1.46. The van der Waals surface area contributed by atoms with E-state index >= 15 is 0 Å². The van der Waals surface area contributed by atoms with Gasteiger partial charge in [0, 0.05) is 30.8 Å². The molecule has 9 nitrogen and oxygen atoms in total. The smallest absolute Gasteiger partial charge is 0.416 e. The number of amides is 1. The van der Waals surface area contributed by atoms with Crippen LogP contribution in [0.2, 0.25) is 0 Å². The van der Waals surface area contributed by atoms with Crippen molar-refractivity contribution in [2.24, 2.45) is 0 Å². The van der Waals surface area contributed by atoms with Crippen molar-refractivity contribution in [2.75, 3.05) is 6.61 Å². The molecule has 3 heterocycles. The van der Waals surface area contributed by atoms with Crippen LogP contribution in [0.1, 0.15) is 36.2 Å². The van der Waals surface area contributed by atoms with Crippen molar-refractivity contribution in [3.63, 3.8) is 0 Å². The van der Waals surface area contributed by atoms with Crippen LogP contribution in [0.15, 0.2) is 42.2 Å². The standard InChI is InChI=1S/C22H23F6N7O2/c1-12-10-29-17(30-11-12)15-9-20(22(26,27)28,31-19(36)16(15)18-32-34-35-33-18)13-3-5-14(6-4-13)37-8-2-7-21(23,24)25/h3-6,10-11,18,32-35H,2,7-9H2,1H3,(H,31,36)/t20-/m0/s1. The molecule has 1 amide bonds. The Labute approximate surface area is 207 Å². The molecule has 1 atom stereocenters. The number of nitrogens with one attached hydrogen (secondary N) is 5. The van der Waals surface area contributed by atoms with E-state index in [1.807, 2.05) is 0 Å². The van der Waals surface area contributed by atoms with Gasteiger partial charge in [0.25, 0.3) is 5.91 Å². The van der Waals surface area contributed by atoms with E-state index < -0.39 is 42.8 Å². The number of aryl methyl sites for hydroxylation is 1. The number of carbonyl (C=O) groups is 1. The number of nitrogens with zero attached hydrogens (tertiary/aromatic N) is 2. The summed E-state index contributed by atoms with van der Waals surface area (Å²) >= 11 is 0. The number of aromatic nitrogens is 2. The Hall–Kier alpha value is -3.27. The normalized spacial score (nSPS) is 21.3. The van der Waals surface area contributed by atoms with Crippen LogP contribution in [0.3, 0.4) is 0 Å². The highest BCUT2D eigenvalue weighted by molar-refractivity contribution is 6.04. The molecule has 2 aliphatic heterocycles. The Balaban J connectivity index is 1.68. The maximum Gasteiger partial charge on any atom is 0.416 e. The average molecular weight is 531 g/mol. The fraction of sp³-hybridized carbons (Fsp3) is 0.409. The Morgan fingerprint density at radius 1 is 1.03 bits per heavy atom. The molecular weight excluding hydrogens is 508 g/mol. The van der Waals surface area contributed by atoms with Gasteiger partial charge in [-0.25, -0.2) is 20.8 Å². The van der Waals surface area contributed by atoms with Crippen molar-refractivity contribution < 1.29 is 35.9 Å². The van der Waals surface area contributed by atoms with E-state index in [-0.39, 0.29) is 41.3 Å². The van der Waals surface area contributed by atoms with Gasteiger partial charge in [-0.1, -0.05) is 12.1 Å². The van der Waals surface area contributed by atoms with Gasteiger partial charge in [0.15, 0.2) is 11.4 Å². The van der Waals surface area contributed by atoms with Crippen molar-refractivity contribution in [1.29, 1.82) is 0 Å². The third kappa shape index (κ3) is 5.84. The van der Waals surface area contributed by atoms with E-state index in [1.54, 1.807) is 6.92 Å². The first kappa shape index (κ1) is 26.8. The van der Waals surface area contributed by atoms with Gasteiger partial charge in [-0.15, -0.1) is 0 Å². The lowest BCUT2D eigenvalue weighted by molar-refractivity contribution is -0.202. The number of benzene rings is 1. The number of carbonyl (C=O) groups excluding carboxylic acids is 1. The van der Waals surface area contributed by atoms with E-state index in [0.717, 1.165) is 12.1 Å². The van der Waals surface area contributed by atoms with Gasteiger partial charge in [-0.3, -0.25) is 4.79 Å². The van der Waals surface area contributed by atoms with Gasteiger partial charge in [0.2, 0.25) is 0 Å². The predicted molar refractivity (Wildman–Crippen MR) is 118 cm³/mol. The predicted octanol–water partition coefficient (Wildman–Crippen LogP) is 2.68. The molecule has 15 heteroatoms. The largest absolute Gasteiger partial charge is 0.494 e. The highest BCUT2D eigenvalue weighted by Gasteiger charge is 2.60. The maximum absolute atomic E-state index is 14.7. The number of rotatable bonds is 7. The monoisotopic (exact) mass is 531 g/mol. The van der Waals surface area contributed by atoms with E-state index in [2.05, 4.69) is 37.2 Å². The van der Waals surface area contributed by atoms with Gasteiger partial charge < -0.3 is 10.1 Å². The van der Waals surface area contributed by atoms with Crippen LogP contribution >= 0.6 is 0 Å². The van der Waals surface area contributed by atoms with Crippen LogP contribution in [0.25, 0.3) is 5.57 Å². The fourth-order valence-corrected chi connectivity index (χ4v) is 4.06. The molecule has 0 bridgehead atoms. The van der Waals surface area contributed by atoms with Gasteiger partial charge in [-0.05, 0) is 36.6 Å². The SMILES string of the molecule is Cc1cnc(C2=C(C3NNNN3)C(=O)N[C@@](c3ccc(OCCCC(F)(F)F)cc3)(C(F)(F)F)C2)nc1. The zero-order valence-electron chi connectivity index (χ0n) is 19.3. The summed E-state index contributed by atoms with van der Waals surface area (Å²) in [5.41, 5.74) is 7.95. The van der Waals surface area contributed by atoms with Crippen LogP contribution in [0.5, 0.6) is 5.75 Å². The summed E-state index contributed by atoms with van der Waals surface area (Å²) < 4.78 is 86.3. The van der Waals surface area contributed by atoms with Crippen molar-refractivity contribution in [2.45, 2.75) is 50.2 Å². The van der Waals surface area contributed by atoms with E-state index in [0.29, 0.717) is 5.56 Å². The van der Waals surface area contributed by atoms with Gasteiger partial charge in [-0.2, -0.15) is 37.4 Å². The summed E-state index contributed by atoms with van der Waals surface area (Å²) in [4.78, 5) is 21.5. The molecule has 2 aliphatic rings. The molecule has 1 aromatic heterocycles. The maximum atomic E-state index is 14.7. The number of alkyl halides is 6. The summed E-state index contributed by atoms with van der Waals surface area (Å²) in [6.07, 6.45) is -9.34. The molecule has 0 saturated carbocycles. The fourth-order valence-electron chi connectivity index (χ4n) is 4.06. The van der Waals surface area contributed by atoms with Crippen LogP contribution < -0.4 is 32.0 Å². The summed E-state index contributed by atoms with van der Waals surface area (Å²) in [5.74, 6) is -0.935. The summed E-state index contributed by atoms with van der Waals surface area (Å²) in [5, 5.41) is 2.13. The molecule has 37 heavy (non-hydrogen) atoms. The Kier molecular flexibility index (Phi) is 7.41. The molecule has 200 valence electrons. The lowest BCUT2D eigenvalue weighted by atomic mass is 9.77. The average Bonchev–Trinajstić information content (AvgIpc) is 3.35. The lowest BCUT2D eigenvalue weighted by Crippen LogP contribution is -2.60. The second-order valence-corrected chi connectivity index (χ2v) is 8.57. The minimum atomic E-state index is -4.94. The lowest BCUT2D eigenvalue weighted by Gasteiger charge is -2.41. The molecule has 1 aromatic carbocycles. The first-order chi connectivity index (χ1) is 17.4. The quantitative estimate of drug-likeness (QED) is 0.274. The minimum absolute atomic E-state index is 0.0240. The van der Waals surface area contributed by atoms with Crippen molar-refractivity contribution in [1.82, 2.24) is 37.2 Å². The molecule has 1 fully saturated rings. The van der Waals surface area contributed by atoms with E-state index in [1.165, 1.54) is 24.5 Å². The first-order valence-corrected chi connectivity index (χ1v) is 11.1. The van der Waals surface area contributed by atoms with E-state index in [4.69, 9.17) is 4.74 Å².